The first kappa shape index (κ1) is 15.6. The van der Waals surface area contributed by atoms with Crippen LogP contribution >= 0.6 is 11.3 Å². The molecule has 24 heavy (non-hydrogen) atoms. The highest BCUT2D eigenvalue weighted by Crippen LogP contribution is 2.39. The fourth-order valence-corrected chi connectivity index (χ4v) is 3.87. The molecule has 0 aliphatic carbocycles. The highest BCUT2D eigenvalue weighted by atomic mass is 32.1. The molecule has 0 aromatic carbocycles. The quantitative estimate of drug-likeness (QED) is 0.561. The second-order valence-corrected chi connectivity index (χ2v) is 6.70. The van der Waals surface area contributed by atoms with Crippen molar-refractivity contribution >= 4 is 28.1 Å². The minimum Gasteiger partial charge on any atom is -0.398 e. The van der Waals surface area contributed by atoms with Crippen LogP contribution in [0.5, 0.6) is 0 Å². The predicted molar refractivity (Wildman–Crippen MR) is 90.5 cm³/mol. The number of thiophene rings is 1. The van der Waals surface area contributed by atoms with Crippen LogP contribution in [0.2, 0.25) is 0 Å². The van der Waals surface area contributed by atoms with Gasteiger partial charge in [-0.15, -0.1) is 11.3 Å². The van der Waals surface area contributed by atoms with Crippen LogP contribution in [0.4, 0.5) is 5.69 Å². The van der Waals surface area contributed by atoms with Gasteiger partial charge in [0.15, 0.2) is 6.23 Å². The number of aromatic nitrogens is 2. The van der Waals surface area contributed by atoms with Gasteiger partial charge >= 0.3 is 0 Å². The summed E-state index contributed by atoms with van der Waals surface area (Å²) >= 11 is 1.57. The lowest BCUT2D eigenvalue weighted by molar-refractivity contribution is -0.0508. The molecule has 0 unspecified atom stereocenters. The van der Waals surface area contributed by atoms with Crippen molar-refractivity contribution in [1.29, 1.82) is 0 Å². The van der Waals surface area contributed by atoms with Crippen LogP contribution in [-0.4, -0.2) is 49.8 Å². The molecule has 1 saturated heterocycles. The van der Waals surface area contributed by atoms with Crippen molar-refractivity contribution in [2.45, 2.75) is 24.5 Å². The van der Waals surface area contributed by atoms with Crippen LogP contribution < -0.4 is 5.73 Å². The molecule has 0 amide bonds. The molecule has 4 heterocycles. The van der Waals surface area contributed by atoms with Gasteiger partial charge in [-0.3, -0.25) is 0 Å². The molecule has 3 aromatic rings. The Labute approximate surface area is 141 Å². The maximum Gasteiger partial charge on any atom is 0.164 e. The molecule has 4 rings (SSSR count). The van der Waals surface area contributed by atoms with E-state index in [0.29, 0.717) is 11.3 Å². The summed E-state index contributed by atoms with van der Waals surface area (Å²) in [5.74, 6) is 0. The van der Waals surface area contributed by atoms with E-state index in [9.17, 15) is 15.3 Å². The Hall–Kier alpha value is -1.97. The highest BCUT2D eigenvalue weighted by molar-refractivity contribution is 7.13. The minimum absolute atomic E-state index is 0.374. The number of rotatable bonds is 3. The minimum atomic E-state index is -1.17. The predicted octanol–water partition coefficient (Wildman–Crippen LogP) is 0.958. The van der Waals surface area contributed by atoms with Crippen LogP contribution in [-0.2, 0) is 4.74 Å². The number of hydrogen-bond donors (Lipinski definition) is 4. The summed E-state index contributed by atoms with van der Waals surface area (Å²) < 4.78 is 7.31. The van der Waals surface area contributed by atoms with Crippen LogP contribution in [0.15, 0.2) is 36.0 Å². The van der Waals surface area contributed by atoms with Gasteiger partial charge in [0.2, 0.25) is 0 Å². The topological polar surface area (TPSA) is 114 Å². The average Bonchev–Trinajstić information content (AvgIpc) is 3.28. The summed E-state index contributed by atoms with van der Waals surface area (Å²) in [6.45, 7) is -0.374. The van der Waals surface area contributed by atoms with Crippen LogP contribution in [0.25, 0.3) is 21.5 Å². The zero-order valence-electron chi connectivity index (χ0n) is 12.6. The summed E-state index contributed by atoms with van der Waals surface area (Å²) in [5, 5.41) is 32.4. The monoisotopic (exact) mass is 347 g/mol. The number of nitrogens with zero attached hydrogens (tertiary/aromatic N) is 2. The third kappa shape index (κ3) is 2.23. The van der Waals surface area contributed by atoms with E-state index in [1.807, 2.05) is 23.7 Å². The van der Waals surface area contributed by atoms with Crippen molar-refractivity contribution in [3.05, 3.63) is 36.0 Å². The molecular formula is C16H17N3O4S. The zero-order valence-corrected chi connectivity index (χ0v) is 13.4. The van der Waals surface area contributed by atoms with Crippen molar-refractivity contribution in [3.63, 3.8) is 0 Å². The Morgan fingerprint density at radius 3 is 2.79 bits per heavy atom. The van der Waals surface area contributed by atoms with Crippen molar-refractivity contribution in [2.24, 2.45) is 0 Å². The second kappa shape index (κ2) is 5.83. The van der Waals surface area contributed by atoms with E-state index in [0.717, 1.165) is 15.8 Å². The van der Waals surface area contributed by atoms with Crippen LogP contribution in [0, 0.1) is 0 Å². The van der Waals surface area contributed by atoms with E-state index in [4.69, 9.17) is 10.5 Å². The van der Waals surface area contributed by atoms with Gasteiger partial charge in [0.25, 0.3) is 0 Å². The van der Waals surface area contributed by atoms with E-state index < -0.39 is 24.5 Å². The smallest absolute Gasteiger partial charge is 0.164 e. The third-order valence-electron chi connectivity index (χ3n) is 4.32. The molecule has 7 nitrogen and oxygen atoms in total. The van der Waals surface area contributed by atoms with Crippen molar-refractivity contribution < 1.29 is 20.1 Å². The lowest BCUT2D eigenvalue weighted by Crippen LogP contribution is -2.33. The van der Waals surface area contributed by atoms with E-state index in [2.05, 4.69) is 4.98 Å². The van der Waals surface area contributed by atoms with Crippen molar-refractivity contribution in [1.82, 2.24) is 9.55 Å². The number of hydrogen-bond acceptors (Lipinski definition) is 7. The number of aliphatic hydroxyl groups excluding tert-OH is 3. The average molecular weight is 347 g/mol. The fraction of sp³-hybridized carbons (Fsp3) is 0.312. The van der Waals surface area contributed by atoms with Gasteiger partial charge in [0.05, 0.1) is 12.0 Å². The van der Waals surface area contributed by atoms with Crippen LogP contribution in [0.1, 0.15) is 6.23 Å². The number of nitrogens with two attached hydrogens (primary N) is 1. The number of fused-ring (bicyclic) bond motifs is 1. The number of aliphatic hydroxyl groups is 3. The standard InChI is InChI=1S/C16H17N3O4S/c17-9-3-4-18-15-12(9)8(11-2-1-5-24-11)6-19(15)16-14(22)13(21)10(7-20)23-16/h1-6,10,13-14,16,20-22H,7H2,(H2,17,18)/t10-,13-,14-,16-/m1/s1. The lowest BCUT2D eigenvalue weighted by atomic mass is 10.1. The maximum absolute atomic E-state index is 10.3. The molecule has 1 fully saturated rings. The summed E-state index contributed by atoms with van der Waals surface area (Å²) in [4.78, 5) is 5.40. The van der Waals surface area contributed by atoms with Gasteiger partial charge in [-0.1, -0.05) is 6.07 Å². The number of ether oxygens (including phenoxy) is 1. The zero-order chi connectivity index (χ0) is 16.8. The fourth-order valence-electron chi connectivity index (χ4n) is 3.12. The number of nitrogen functional groups attached to an aromatic ring is 1. The second-order valence-electron chi connectivity index (χ2n) is 5.75. The Kier molecular flexibility index (Phi) is 3.78. The molecular weight excluding hydrogens is 330 g/mol. The molecule has 126 valence electrons. The largest absolute Gasteiger partial charge is 0.398 e. The van der Waals surface area contributed by atoms with E-state index in [-0.39, 0.29) is 6.61 Å². The lowest BCUT2D eigenvalue weighted by Gasteiger charge is -2.17. The SMILES string of the molecule is Nc1ccnc2c1c(-c1cccs1)cn2[C@@H]1O[C@H](CO)[C@@H](O)[C@H]1O. The molecule has 1 aliphatic heterocycles. The van der Waals surface area contributed by atoms with Crippen molar-refractivity contribution in [3.8, 4) is 10.4 Å². The van der Waals surface area contributed by atoms with E-state index in [1.54, 1.807) is 28.2 Å². The highest BCUT2D eigenvalue weighted by Gasteiger charge is 2.44. The normalized spacial score (nSPS) is 27.1. The first-order chi connectivity index (χ1) is 11.6. The molecule has 3 aromatic heterocycles. The first-order valence-corrected chi connectivity index (χ1v) is 8.41. The molecule has 0 saturated carbocycles. The third-order valence-corrected chi connectivity index (χ3v) is 5.23. The summed E-state index contributed by atoms with van der Waals surface area (Å²) in [5.41, 5.74) is 8.18. The van der Waals surface area contributed by atoms with Gasteiger partial charge < -0.3 is 30.4 Å². The van der Waals surface area contributed by atoms with Crippen LogP contribution in [0.3, 0.4) is 0 Å². The number of anilines is 1. The Morgan fingerprint density at radius 1 is 1.29 bits per heavy atom. The molecule has 1 aliphatic rings. The molecule has 8 heteroatoms. The Morgan fingerprint density at radius 2 is 2.12 bits per heavy atom. The molecule has 0 bridgehead atoms. The van der Waals surface area contributed by atoms with Gasteiger partial charge in [-0.05, 0) is 17.5 Å². The van der Waals surface area contributed by atoms with Crippen molar-refractivity contribution in [2.75, 3.05) is 12.3 Å². The summed E-state index contributed by atoms with van der Waals surface area (Å²) in [6.07, 6.45) is -0.606. The van der Waals surface area contributed by atoms with Gasteiger partial charge in [0, 0.05) is 28.5 Å². The van der Waals surface area contributed by atoms with Gasteiger partial charge in [-0.25, -0.2) is 4.98 Å². The molecule has 5 N–H and O–H groups in total. The van der Waals surface area contributed by atoms with E-state index in [1.165, 1.54) is 0 Å². The Bertz CT molecular complexity index is 864. The Balaban J connectivity index is 1.90. The first-order valence-electron chi connectivity index (χ1n) is 7.53. The van der Waals surface area contributed by atoms with Gasteiger partial charge in [0.1, 0.15) is 24.0 Å². The molecule has 0 radical (unpaired) electrons. The molecule has 0 spiro atoms. The van der Waals surface area contributed by atoms with E-state index >= 15 is 0 Å². The maximum atomic E-state index is 10.3. The van der Waals surface area contributed by atoms with Gasteiger partial charge in [-0.2, -0.15) is 0 Å². The summed E-state index contributed by atoms with van der Waals surface area (Å²) in [7, 11) is 0. The number of pyridine rings is 1. The molecule has 4 atom stereocenters. The summed E-state index contributed by atoms with van der Waals surface area (Å²) in [6, 6.07) is 5.65.